The van der Waals surface area contributed by atoms with Gasteiger partial charge in [-0.1, -0.05) is 30.3 Å². The number of esters is 1. The molecule has 9 heteroatoms. The van der Waals surface area contributed by atoms with E-state index in [-0.39, 0.29) is 36.9 Å². The highest BCUT2D eigenvalue weighted by Crippen LogP contribution is 2.39. The molecule has 4 rings (SSSR count). The first-order chi connectivity index (χ1) is 14.6. The van der Waals surface area contributed by atoms with E-state index in [1.165, 1.54) is 16.2 Å². The number of fused-ring (bicyclic) bond motifs is 1. The van der Waals surface area contributed by atoms with Crippen LogP contribution in [-0.2, 0) is 36.8 Å². The number of aromatic nitrogens is 1. The van der Waals surface area contributed by atoms with Crippen LogP contribution in [0.1, 0.15) is 35.4 Å². The van der Waals surface area contributed by atoms with Crippen LogP contribution in [0.3, 0.4) is 0 Å². The molecule has 8 nitrogen and oxygen atoms in total. The third kappa shape index (κ3) is 4.22. The van der Waals surface area contributed by atoms with Gasteiger partial charge in [-0.05, 0) is 25.3 Å². The molecule has 1 saturated heterocycles. The average Bonchev–Trinajstić information content (AvgIpc) is 3.30. The Kier molecular flexibility index (Phi) is 6.10. The van der Waals surface area contributed by atoms with Crippen molar-refractivity contribution < 1.29 is 23.9 Å². The van der Waals surface area contributed by atoms with E-state index in [9.17, 15) is 14.4 Å². The highest BCUT2D eigenvalue weighted by molar-refractivity contribution is 7.16. The van der Waals surface area contributed by atoms with Crippen LogP contribution >= 0.6 is 11.3 Å². The molecule has 1 aliphatic carbocycles. The summed E-state index contributed by atoms with van der Waals surface area (Å²) < 4.78 is 10.5. The van der Waals surface area contributed by atoms with Gasteiger partial charge in [0.2, 0.25) is 5.91 Å². The summed E-state index contributed by atoms with van der Waals surface area (Å²) in [5.41, 5.74) is 1.63. The Balaban J connectivity index is 1.47. The summed E-state index contributed by atoms with van der Waals surface area (Å²) in [5, 5.41) is 3.24. The molecule has 1 fully saturated rings. The maximum Gasteiger partial charge on any atom is 0.315 e. The molecule has 0 saturated carbocycles. The third-order valence-electron chi connectivity index (χ3n) is 5.22. The molecule has 2 aliphatic rings. The highest BCUT2D eigenvalue weighted by Gasteiger charge is 2.36. The monoisotopic (exact) mass is 429 g/mol. The van der Waals surface area contributed by atoms with Crippen molar-refractivity contribution in [2.24, 2.45) is 0 Å². The Bertz CT molecular complexity index is 945. The molecule has 0 bridgehead atoms. The number of carbonyl (C=O) groups is 3. The van der Waals surface area contributed by atoms with Crippen molar-refractivity contribution in [1.29, 1.82) is 0 Å². The van der Waals surface area contributed by atoms with E-state index in [1.807, 2.05) is 30.3 Å². The van der Waals surface area contributed by atoms with Crippen LogP contribution in [0.2, 0.25) is 0 Å². The van der Waals surface area contributed by atoms with E-state index in [0.29, 0.717) is 30.4 Å². The molecule has 2 amide bonds. The van der Waals surface area contributed by atoms with E-state index >= 15 is 0 Å². The second-order valence-electron chi connectivity index (χ2n) is 7.20. The molecular formula is C21H23N3O5S. The number of amides is 2. The molecule has 0 spiro atoms. The van der Waals surface area contributed by atoms with Crippen LogP contribution in [0.25, 0.3) is 0 Å². The standard InChI is InChI=1S/C21H23N3O5S/c1-2-29-20(27)14-8-9-16-18(14)22-21(30-16)23-19(26)15-11-28-12-17(25)24(15)10-13-6-4-3-5-7-13/h3-7,14-15H,2,8-12H2,1H3,(H,22,23,26)/t14-,15+/m0/s1. The van der Waals surface area contributed by atoms with Crippen molar-refractivity contribution in [3.63, 3.8) is 0 Å². The molecule has 158 valence electrons. The van der Waals surface area contributed by atoms with Crippen molar-refractivity contribution >= 4 is 34.3 Å². The van der Waals surface area contributed by atoms with Gasteiger partial charge in [-0.2, -0.15) is 0 Å². The molecule has 1 N–H and O–H groups in total. The number of thiazole rings is 1. The number of nitrogens with one attached hydrogen (secondary N) is 1. The lowest BCUT2D eigenvalue weighted by Gasteiger charge is -2.34. The summed E-state index contributed by atoms with van der Waals surface area (Å²) in [4.78, 5) is 44.5. The van der Waals surface area contributed by atoms with Gasteiger partial charge in [0.05, 0.1) is 18.9 Å². The summed E-state index contributed by atoms with van der Waals surface area (Å²) in [7, 11) is 0. The van der Waals surface area contributed by atoms with Gasteiger partial charge in [-0.25, -0.2) is 4.98 Å². The van der Waals surface area contributed by atoms with Gasteiger partial charge in [-0.3, -0.25) is 14.4 Å². The first-order valence-electron chi connectivity index (χ1n) is 9.95. The van der Waals surface area contributed by atoms with Crippen LogP contribution in [0.5, 0.6) is 0 Å². The summed E-state index contributed by atoms with van der Waals surface area (Å²) >= 11 is 1.36. The largest absolute Gasteiger partial charge is 0.465 e. The number of ether oxygens (including phenoxy) is 2. The summed E-state index contributed by atoms with van der Waals surface area (Å²) in [6, 6.07) is 8.78. The number of anilines is 1. The Labute approximate surface area is 178 Å². The van der Waals surface area contributed by atoms with Crippen LogP contribution < -0.4 is 5.32 Å². The minimum absolute atomic E-state index is 0.0383. The zero-order chi connectivity index (χ0) is 21.1. The van der Waals surface area contributed by atoms with Crippen molar-refractivity contribution in [3.05, 3.63) is 46.5 Å². The van der Waals surface area contributed by atoms with Gasteiger partial charge < -0.3 is 19.7 Å². The molecule has 30 heavy (non-hydrogen) atoms. The molecule has 0 radical (unpaired) electrons. The molecule has 2 heterocycles. The number of hydrogen-bond donors (Lipinski definition) is 1. The number of hydrogen-bond acceptors (Lipinski definition) is 7. The Morgan fingerprint density at radius 3 is 2.90 bits per heavy atom. The van der Waals surface area contributed by atoms with E-state index < -0.39 is 6.04 Å². The van der Waals surface area contributed by atoms with Crippen molar-refractivity contribution in [2.75, 3.05) is 25.1 Å². The maximum atomic E-state index is 12.9. The minimum Gasteiger partial charge on any atom is -0.465 e. The summed E-state index contributed by atoms with van der Waals surface area (Å²) in [6.07, 6.45) is 1.41. The second kappa shape index (κ2) is 8.93. The quantitative estimate of drug-likeness (QED) is 0.707. The Morgan fingerprint density at radius 2 is 2.13 bits per heavy atom. The van der Waals surface area contributed by atoms with Crippen molar-refractivity contribution in [3.8, 4) is 0 Å². The highest BCUT2D eigenvalue weighted by atomic mass is 32.1. The van der Waals surface area contributed by atoms with Gasteiger partial charge in [0.25, 0.3) is 5.91 Å². The molecular weight excluding hydrogens is 406 g/mol. The van der Waals surface area contributed by atoms with Gasteiger partial charge in [0.15, 0.2) is 5.13 Å². The van der Waals surface area contributed by atoms with Crippen LogP contribution in [0.4, 0.5) is 5.13 Å². The van der Waals surface area contributed by atoms with Gasteiger partial charge in [0.1, 0.15) is 18.6 Å². The molecule has 1 aromatic carbocycles. The molecule has 2 aromatic rings. The number of aryl methyl sites for hydroxylation is 1. The Morgan fingerprint density at radius 1 is 1.33 bits per heavy atom. The summed E-state index contributed by atoms with van der Waals surface area (Å²) in [5.74, 6) is -1.23. The number of nitrogens with zero attached hydrogens (tertiary/aromatic N) is 2. The number of carbonyl (C=O) groups excluding carboxylic acids is 3. The van der Waals surface area contributed by atoms with Crippen molar-refractivity contribution in [2.45, 2.75) is 38.3 Å². The zero-order valence-corrected chi connectivity index (χ0v) is 17.4. The van der Waals surface area contributed by atoms with Crippen molar-refractivity contribution in [1.82, 2.24) is 9.88 Å². The minimum atomic E-state index is -0.744. The van der Waals surface area contributed by atoms with Gasteiger partial charge >= 0.3 is 5.97 Å². The fraction of sp³-hybridized carbons (Fsp3) is 0.429. The number of morpholine rings is 1. The van der Waals surface area contributed by atoms with Crippen LogP contribution in [0.15, 0.2) is 30.3 Å². The van der Waals surface area contributed by atoms with Crippen LogP contribution in [0, 0.1) is 0 Å². The zero-order valence-electron chi connectivity index (χ0n) is 16.6. The predicted molar refractivity (Wildman–Crippen MR) is 110 cm³/mol. The van der Waals surface area contributed by atoms with Gasteiger partial charge in [-0.15, -0.1) is 11.3 Å². The molecule has 0 unspecified atom stereocenters. The third-order valence-corrected chi connectivity index (χ3v) is 6.26. The first-order valence-corrected chi connectivity index (χ1v) is 10.8. The van der Waals surface area contributed by atoms with E-state index in [2.05, 4.69) is 10.3 Å². The Hall–Kier alpha value is -2.78. The van der Waals surface area contributed by atoms with Gasteiger partial charge in [0, 0.05) is 11.4 Å². The fourth-order valence-corrected chi connectivity index (χ4v) is 4.78. The molecule has 1 aliphatic heterocycles. The first kappa shape index (κ1) is 20.5. The predicted octanol–water partition coefficient (Wildman–Crippen LogP) is 2.10. The molecule has 1 aromatic heterocycles. The lowest BCUT2D eigenvalue weighted by molar-refractivity contribution is -0.154. The lowest BCUT2D eigenvalue weighted by Crippen LogP contribution is -2.54. The number of rotatable bonds is 6. The normalized spacial score (nSPS) is 20.7. The number of benzene rings is 1. The fourth-order valence-electron chi connectivity index (χ4n) is 3.74. The second-order valence-corrected chi connectivity index (χ2v) is 8.28. The molecule has 2 atom stereocenters. The van der Waals surface area contributed by atoms with Crippen LogP contribution in [-0.4, -0.2) is 53.5 Å². The van der Waals surface area contributed by atoms with E-state index in [0.717, 1.165) is 16.9 Å². The lowest BCUT2D eigenvalue weighted by atomic mass is 10.1. The topological polar surface area (TPSA) is 97.8 Å². The van der Waals surface area contributed by atoms with E-state index in [4.69, 9.17) is 9.47 Å². The maximum absolute atomic E-state index is 12.9. The SMILES string of the molecule is CCOC(=O)[C@H]1CCc2sc(NC(=O)[C@H]3COCC(=O)N3Cc3ccccc3)nc21. The smallest absolute Gasteiger partial charge is 0.315 e. The average molecular weight is 429 g/mol. The van der Waals surface area contributed by atoms with E-state index in [1.54, 1.807) is 6.92 Å². The summed E-state index contributed by atoms with van der Waals surface area (Å²) in [6.45, 7) is 2.52.